The molecule has 0 fully saturated rings. The van der Waals surface area contributed by atoms with E-state index in [0.29, 0.717) is 18.4 Å². The van der Waals surface area contributed by atoms with Crippen molar-refractivity contribution < 1.29 is 10.2 Å². The van der Waals surface area contributed by atoms with E-state index in [1.807, 2.05) is 6.92 Å². The van der Waals surface area contributed by atoms with Gasteiger partial charge in [-0.15, -0.1) is 0 Å². The summed E-state index contributed by atoms with van der Waals surface area (Å²) in [4.78, 5) is 0. The summed E-state index contributed by atoms with van der Waals surface area (Å²) in [6.07, 6.45) is 3.97. The molecule has 0 aromatic rings. The molecule has 0 aliphatic rings. The molecule has 0 amide bonds. The highest BCUT2D eigenvalue weighted by atomic mass is 16.3. The number of rotatable bonds is 7. The van der Waals surface area contributed by atoms with Gasteiger partial charge in [0.2, 0.25) is 0 Å². The highest BCUT2D eigenvalue weighted by molar-refractivity contribution is 4.68. The molecule has 13 heavy (non-hydrogen) atoms. The Bertz CT molecular complexity index is 103. The van der Waals surface area contributed by atoms with Gasteiger partial charge in [0.05, 0.1) is 6.10 Å². The quantitative estimate of drug-likeness (QED) is 0.601. The fourth-order valence-electron chi connectivity index (χ4n) is 1.80. The number of hydrogen-bond donors (Lipinski definition) is 2. The Morgan fingerprint density at radius 2 is 1.62 bits per heavy atom. The first-order valence-electron chi connectivity index (χ1n) is 5.38. The van der Waals surface area contributed by atoms with Crippen LogP contribution in [0.2, 0.25) is 0 Å². The van der Waals surface area contributed by atoms with Gasteiger partial charge in [-0.2, -0.15) is 0 Å². The van der Waals surface area contributed by atoms with E-state index in [1.54, 1.807) is 0 Å². The first-order chi connectivity index (χ1) is 6.09. The SMILES string of the molecule is CC(C)C(CCCCCO)C(C)O. The molecule has 2 unspecified atom stereocenters. The summed E-state index contributed by atoms with van der Waals surface area (Å²) >= 11 is 0. The Morgan fingerprint density at radius 1 is 1.00 bits per heavy atom. The summed E-state index contributed by atoms with van der Waals surface area (Å²) in [6, 6.07) is 0. The lowest BCUT2D eigenvalue weighted by Crippen LogP contribution is -2.22. The van der Waals surface area contributed by atoms with Crippen LogP contribution in [0.25, 0.3) is 0 Å². The second-order valence-corrected chi connectivity index (χ2v) is 4.22. The van der Waals surface area contributed by atoms with Crippen molar-refractivity contribution in [2.75, 3.05) is 6.61 Å². The van der Waals surface area contributed by atoms with Crippen molar-refractivity contribution in [3.05, 3.63) is 0 Å². The topological polar surface area (TPSA) is 40.5 Å². The normalized spacial score (nSPS) is 16.2. The maximum atomic E-state index is 9.49. The fraction of sp³-hybridized carbons (Fsp3) is 1.00. The van der Waals surface area contributed by atoms with Crippen LogP contribution in [0, 0.1) is 11.8 Å². The van der Waals surface area contributed by atoms with Crippen molar-refractivity contribution in [1.82, 2.24) is 0 Å². The number of hydrogen-bond acceptors (Lipinski definition) is 2. The lowest BCUT2D eigenvalue weighted by Gasteiger charge is -2.23. The van der Waals surface area contributed by atoms with Gasteiger partial charge in [0.25, 0.3) is 0 Å². The summed E-state index contributed by atoms with van der Waals surface area (Å²) < 4.78 is 0. The van der Waals surface area contributed by atoms with Crippen LogP contribution in [-0.4, -0.2) is 22.9 Å². The monoisotopic (exact) mass is 188 g/mol. The van der Waals surface area contributed by atoms with Crippen LogP contribution in [-0.2, 0) is 0 Å². The fourth-order valence-corrected chi connectivity index (χ4v) is 1.80. The van der Waals surface area contributed by atoms with E-state index in [4.69, 9.17) is 5.11 Å². The summed E-state index contributed by atoms with van der Waals surface area (Å²) in [5.41, 5.74) is 0. The highest BCUT2D eigenvalue weighted by Gasteiger charge is 2.17. The summed E-state index contributed by atoms with van der Waals surface area (Å²) in [7, 11) is 0. The van der Waals surface area contributed by atoms with Crippen LogP contribution in [0.3, 0.4) is 0 Å². The molecule has 0 aliphatic heterocycles. The molecule has 0 spiro atoms. The first-order valence-corrected chi connectivity index (χ1v) is 5.38. The van der Waals surface area contributed by atoms with Crippen LogP contribution in [0.4, 0.5) is 0 Å². The molecule has 0 saturated carbocycles. The van der Waals surface area contributed by atoms with E-state index in [9.17, 15) is 5.11 Å². The van der Waals surface area contributed by atoms with Gasteiger partial charge < -0.3 is 10.2 Å². The standard InChI is InChI=1S/C11H24O2/c1-9(2)11(10(3)13)7-5-4-6-8-12/h9-13H,4-8H2,1-3H3. The van der Waals surface area contributed by atoms with Gasteiger partial charge >= 0.3 is 0 Å². The molecule has 0 rings (SSSR count). The van der Waals surface area contributed by atoms with Crippen LogP contribution in [0.1, 0.15) is 46.5 Å². The van der Waals surface area contributed by atoms with Crippen molar-refractivity contribution in [3.8, 4) is 0 Å². The Morgan fingerprint density at radius 3 is 2.00 bits per heavy atom. The minimum atomic E-state index is -0.200. The molecule has 0 aromatic heterocycles. The molecule has 0 radical (unpaired) electrons. The molecule has 2 N–H and O–H groups in total. The zero-order valence-electron chi connectivity index (χ0n) is 9.16. The number of aliphatic hydroxyl groups is 2. The second kappa shape index (κ2) is 7.34. The van der Waals surface area contributed by atoms with Gasteiger partial charge in [0, 0.05) is 6.61 Å². The van der Waals surface area contributed by atoms with Gasteiger partial charge in [-0.05, 0) is 31.6 Å². The molecule has 2 heteroatoms. The van der Waals surface area contributed by atoms with Crippen LogP contribution >= 0.6 is 0 Å². The maximum Gasteiger partial charge on any atom is 0.0542 e. The number of aliphatic hydroxyl groups excluding tert-OH is 2. The van der Waals surface area contributed by atoms with Gasteiger partial charge in [-0.25, -0.2) is 0 Å². The highest BCUT2D eigenvalue weighted by Crippen LogP contribution is 2.22. The van der Waals surface area contributed by atoms with Crippen molar-refractivity contribution in [3.63, 3.8) is 0 Å². The van der Waals surface area contributed by atoms with E-state index < -0.39 is 0 Å². The maximum absolute atomic E-state index is 9.49. The molecular formula is C11H24O2. The summed E-state index contributed by atoms with van der Waals surface area (Å²) in [6.45, 7) is 6.48. The lowest BCUT2D eigenvalue weighted by atomic mass is 9.86. The molecule has 2 nitrogen and oxygen atoms in total. The van der Waals surface area contributed by atoms with Crippen LogP contribution < -0.4 is 0 Å². The van der Waals surface area contributed by atoms with Crippen molar-refractivity contribution in [2.24, 2.45) is 11.8 Å². The molecule has 0 aromatic carbocycles. The predicted octanol–water partition coefficient (Wildman–Crippen LogP) is 2.19. The average Bonchev–Trinajstić information content (AvgIpc) is 2.02. The molecule has 0 saturated heterocycles. The Hall–Kier alpha value is -0.0800. The third-order valence-corrected chi connectivity index (χ3v) is 2.67. The zero-order chi connectivity index (χ0) is 10.3. The van der Waals surface area contributed by atoms with E-state index in [2.05, 4.69) is 13.8 Å². The predicted molar refractivity (Wildman–Crippen MR) is 55.6 cm³/mol. The molecule has 0 aliphatic carbocycles. The Kier molecular flexibility index (Phi) is 7.29. The third kappa shape index (κ3) is 6.05. The van der Waals surface area contributed by atoms with Crippen molar-refractivity contribution >= 4 is 0 Å². The van der Waals surface area contributed by atoms with E-state index in [1.165, 1.54) is 0 Å². The van der Waals surface area contributed by atoms with Gasteiger partial charge in [0.1, 0.15) is 0 Å². The van der Waals surface area contributed by atoms with E-state index >= 15 is 0 Å². The summed E-state index contributed by atoms with van der Waals surface area (Å²) in [5, 5.41) is 18.1. The second-order valence-electron chi connectivity index (χ2n) is 4.22. The van der Waals surface area contributed by atoms with Gasteiger partial charge in [-0.3, -0.25) is 0 Å². The van der Waals surface area contributed by atoms with Crippen molar-refractivity contribution in [1.29, 1.82) is 0 Å². The third-order valence-electron chi connectivity index (χ3n) is 2.67. The molecular weight excluding hydrogens is 164 g/mol. The van der Waals surface area contributed by atoms with E-state index in [-0.39, 0.29) is 6.10 Å². The molecule has 0 heterocycles. The largest absolute Gasteiger partial charge is 0.396 e. The minimum absolute atomic E-state index is 0.200. The number of unbranched alkanes of at least 4 members (excludes halogenated alkanes) is 2. The lowest BCUT2D eigenvalue weighted by molar-refractivity contribution is 0.0897. The Labute approximate surface area is 82.0 Å². The van der Waals surface area contributed by atoms with Gasteiger partial charge in [0.15, 0.2) is 0 Å². The van der Waals surface area contributed by atoms with Crippen molar-refractivity contribution in [2.45, 2.75) is 52.6 Å². The van der Waals surface area contributed by atoms with Crippen LogP contribution in [0.5, 0.6) is 0 Å². The first kappa shape index (κ1) is 12.9. The summed E-state index contributed by atoms with van der Waals surface area (Å²) in [5.74, 6) is 0.966. The molecule has 2 atom stereocenters. The smallest absolute Gasteiger partial charge is 0.0542 e. The Balaban J connectivity index is 3.58. The zero-order valence-corrected chi connectivity index (χ0v) is 9.16. The molecule has 0 bridgehead atoms. The van der Waals surface area contributed by atoms with Gasteiger partial charge in [-0.1, -0.05) is 26.7 Å². The van der Waals surface area contributed by atoms with Crippen LogP contribution in [0.15, 0.2) is 0 Å². The minimum Gasteiger partial charge on any atom is -0.396 e. The van der Waals surface area contributed by atoms with E-state index in [0.717, 1.165) is 25.7 Å². The average molecular weight is 188 g/mol. The molecule has 80 valence electrons.